The number of anilines is 1. The Morgan fingerprint density at radius 3 is 2.32 bits per heavy atom. The van der Waals surface area contributed by atoms with E-state index in [1.165, 1.54) is 11.9 Å². The lowest BCUT2D eigenvalue weighted by Crippen LogP contribution is -2.22. The van der Waals surface area contributed by atoms with Gasteiger partial charge in [-0.3, -0.25) is 14.2 Å². The summed E-state index contributed by atoms with van der Waals surface area (Å²) in [6.07, 6.45) is 1.72. The highest BCUT2D eigenvalue weighted by atomic mass is 35.5. The topological polar surface area (TPSA) is 62.5 Å². The molecule has 0 radical (unpaired) electrons. The Hall–Kier alpha value is -2.93. The third-order valence-corrected chi connectivity index (χ3v) is 5.98. The fraction of sp³-hybridized carbons (Fsp3) is 0.0435. The van der Waals surface area contributed by atoms with Crippen LogP contribution in [0, 0.1) is 0 Å². The number of rotatable bonds is 6. The van der Waals surface area contributed by atoms with E-state index in [0.29, 0.717) is 21.3 Å². The van der Waals surface area contributed by atoms with Gasteiger partial charge in [0, 0.05) is 37.8 Å². The molecule has 4 rings (SSSR count). The average molecular weight is 471 g/mol. The predicted molar refractivity (Wildman–Crippen MR) is 125 cm³/mol. The second kappa shape index (κ2) is 9.06. The van der Waals surface area contributed by atoms with Gasteiger partial charge in [0.05, 0.1) is 5.52 Å². The van der Waals surface area contributed by atoms with Gasteiger partial charge in [-0.2, -0.15) is 0 Å². The smallest absolute Gasteiger partial charge is 0.324 e. The molecule has 4 aromatic rings. The van der Waals surface area contributed by atoms with Crippen LogP contribution in [0.15, 0.2) is 83.9 Å². The minimum absolute atomic E-state index is 0.131. The van der Waals surface area contributed by atoms with E-state index < -0.39 is 5.97 Å². The summed E-state index contributed by atoms with van der Waals surface area (Å²) in [5.74, 6) is -1.11. The van der Waals surface area contributed by atoms with Crippen LogP contribution in [0.5, 0.6) is 0 Å². The minimum Gasteiger partial charge on any atom is -0.480 e. The van der Waals surface area contributed by atoms with E-state index in [1.54, 1.807) is 51.5 Å². The van der Waals surface area contributed by atoms with Gasteiger partial charge >= 0.3 is 5.97 Å². The number of hydrogen-bond donors (Lipinski definition) is 1. The lowest BCUT2D eigenvalue weighted by atomic mass is 10.2. The van der Waals surface area contributed by atoms with Crippen LogP contribution in [0.25, 0.3) is 10.9 Å². The van der Waals surface area contributed by atoms with Gasteiger partial charge in [0.2, 0.25) is 0 Å². The number of carboxylic acid groups (broad SMARTS) is 1. The molecule has 0 atom stereocenters. The molecule has 0 amide bonds. The molecule has 5 nitrogen and oxygen atoms in total. The highest BCUT2D eigenvalue weighted by Gasteiger charge is 2.16. The molecule has 31 heavy (non-hydrogen) atoms. The van der Waals surface area contributed by atoms with Crippen molar-refractivity contribution in [3.8, 4) is 0 Å². The van der Waals surface area contributed by atoms with Gasteiger partial charge in [-0.25, -0.2) is 0 Å². The van der Waals surface area contributed by atoms with E-state index in [9.17, 15) is 14.7 Å². The van der Waals surface area contributed by atoms with E-state index in [0.717, 1.165) is 15.8 Å². The van der Waals surface area contributed by atoms with E-state index >= 15 is 0 Å². The Morgan fingerprint density at radius 1 is 0.935 bits per heavy atom. The van der Waals surface area contributed by atoms with Crippen molar-refractivity contribution >= 4 is 63.6 Å². The molecule has 1 aromatic heterocycles. The van der Waals surface area contributed by atoms with Crippen LogP contribution in [-0.4, -0.2) is 28.1 Å². The first-order chi connectivity index (χ1) is 14.9. The number of nitrogens with zero attached hydrogens (tertiary/aromatic N) is 2. The average Bonchev–Trinajstić information content (AvgIpc) is 3.15. The molecule has 8 heteroatoms. The molecule has 0 saturated carbocycles. The molecule has 0 bridgehead atoms. The highest BCUT2D eigenvalue weighted by molar-refractivity contribution is 8.00. The van der Waals surface area contributed by atoms with Crippen molar-refractivity contribution in [2.75, 3.05) is 10.8 Å². The Bertz CT molecular complexity index is 1250. The zero-order chi connectivity index (χ0) is 22.0. The molecule has 156 valence electrons. The van der Waals surface area contributed by atoms with Gasteiger partial charge in [-0.15, -0.1) is 0 Å². The molecule has 0 spiro atoms. The first-order valence-electron chi connectivity index (χ1n) is 9.25. The molecule has 3 aromatic carbocycles. The standard InChI is InChI=1S/C23H16Cl2N2O3S/c24-17-11-18(25)13-20(12-17)31-27(14-22(28)29)19-6-7-21-16(10-19)8-9-26(21)23(30)15-4-2-1-3-5-15/h1-13H,14H2,(H,28,29). The Labute approximate surface area is 192 Å². The normalized spacial score (nSPS) is 10.9. The summed E-state index contributed by atoms with van der Waals surface area (Å²) in [7, 11) is 0. The highest BCUT2D eigenvalue weighted by Crippen LogP contribution is 2.34. The van der Waals surface area contributed by atoms with Crippen LogP contribution >= 0.6 is 35.1 Å². The fourth-order valence-electron chi connectivity index (χ4n) is 3.19. The van der Waals surface area contributed by atoms with Crippen LogP contribution in [0.2, 0.25) is 10.0 Å². The molecule has 0 aliphatic heterocycles. The van der Waals surface area contributed by atoms with E-state index in [-0.39, 0.29) is 12.5 Å². The Morgan fingerprint density at radius 2 is 1.65 bits per heavy atom. The fourth-order valence-corrected chi connectivity index (χ4v) is 4.85. The predicted octanol–water partition coefficient (Wildman–Crippen LogP) is 6.23. The maximum atomic E-state index is 12.8. The number of hydrogen-bond acceptors (Lipinski definition) is 4. The third-order valence-electron chi connectivity index (χ3n) is 4.53. The number of fused-ring (bicyclic) bond motifs is 1. The van der Waals surface area contributed by atoms with Crippen LogP contribution < -0.4 is 4.31 Å². The van der Waals surface area contributed by atoms with Gasteiger partial charge in [-0.1, -0.05) is 41.4 Å². The molecule has 0 fully saturated rings. The van der Waals surface area contributed by atoms with E-state index in [4.69, 9.17) is 23.2 Å². The second-order valence-corrected chi connectivity index (χ2v) is 8.69. The van der Waals surface area contributed by atoms with Gasteiger partial charge in [0.15, 0.2) is 0 Å². The Kier molecular flexibility index (Phi) is 6.23. The molecule has 1 N–H and O–H groups in total. The van der Waals surface area contributed by atoms with Crippen molar-refractivity contribution in [2.45, 2.75) is 4.90 Å². The number of benzene rings is 3. The quantitative estimate of drug-likeness (QED) is 0.338. The van der Waals surface area contributed by atoms with Crippen molar-refractivity contribution in [1.82, 2.24) is 4.57 Å². The summed E-state index contributed by atoms with van der Waals surface area (Å²) in [6.45, 7) is -0.232. The largest absolute Gasteiger partial charge is 0.480 e. The van der Waals surface area contributed by atoms with Gasteiger partial charge in [-0.05, 0) is 66.5 Å². The molecular weight excluding hydrogens is 455 g/mol. The van der Waals surface area contributed by atoms with Crippen molar-refractivity contribution in [2.24, 2.45) is 0 Å². The SMILES string of the molecule is O=C(O)CN(Sc1cc(Cl)cc(Cl)c1)c1ccc2c(ccn2C(=O)c2ccccc2)c1. The zero-order valence-electron chi connectivity index (χ0n) is 16.0. The monoisotopic (exact) mass is 470 g/mol. The second-order valence-electron chi connectivity index (χ2n) is 6.73. The molecule has 0 aliphatic rings. The summed E-state index contributed by atoms with van der Waals surface area (Å²) in [6, 6.07) is 21.4. The van der Waals surface area contributed by atoms with Crippen molar-refractivity contribution in [1.29, 1.82) is 0 Å². The van der Waals surface area contributed by atoms with Gasteiger partial charge in [0.1, 0.15) is 6.54 Å². The summed E-state index contributed by atoms with van der Waals surface area (Å²) in [4.78, 5) is 25.0. The zero-order valence-corrected chi connectivity index (χ0v) is 18.4. The van der Waals surface area contributed by atoms with Crippen molar-refractivity contribution < 1.29 is 14.7 Å². The van der Waals surface area contributed by atoms with Crippen LogP contribution in [0.3, 0.4) is 0 Å². The lowest BCUT2D eigenvalue weighted by molar-refractivity contribution is -0.135. The molecule has 0 saturated heterocycles. The van der Waals surface area contributed by atoms with E-state index in [1.807, 2.05) is 36.4 Å². The summed E-state index contributed by atoms with van der Waals surface area (Å²) >= 11 is 13.4. The number of carbonyl (C=O) groups excluding carboxylic acids is 1. The number of carbonyl (C=O) groups is 2. The maximum absolute atomic E-state index is 12.8. The molecule has 0 aliphatic carbocycles. The number of aromatic nitrogens is 1. The maximum Gasteiger partial charge on any atom is 0.324 e. The molecule has 0 unspecified atom stereocenters. The summed E-state index contributed by atoms with van der Waals surface area (Å²) in [5, 5.41) is 11.2. The number of carboxylic acids is 1. The van der Waals surface area contributed by atoms with Crippen LogP contribution in [0.1, 0.15) is 10.4 Å². The van der Waals surface area contributed by atoms with Gasteiger partial charge in [0.25, 0.3) is 5.91 Å². The first-order valence-corrected chi connectivity index (χ1v) is 10.8. The molecular formula is C23H16Cl2N2O3S. The lowest BCUT2D eigenvalue weighted by Gasteiger charge is -2.22. The van der Waals surface area contributed by atoms with Crippen LogP contribution in [0.4, 0.5) is 5.69 Å². The Balaban J connectivity index is 1.68. The van der Waals surface area contributed by atoms with E-state index in [2.05, 4.69) is 0 Å². The molecule has 1 heterocycles. The van der Waals surface area contributed by atoms with Crippen molar-refractivity contribution in [3.05, 3.63) is 94.6 Å². The van der Waals surface area contributed by atoms with Crippen LogP contribution in [-0.2, 0) is 4.79 Å². The summed E-state index contributed by atoms with van der Waals surface area (Å²) in [5.41, 5.74) is 2.01. The number of aliphatic carboxylic acids is 1. The third kappa shape index (κ3) is 4.88. The first kappa shape index (κ1) is 21.3. The minimum atomic E-state index is -0.974. The summed E-state index contributed by atoms with van der Waals surface area (Å²) < 4.78 is 3.22. The van der Waals surface area contributed by atoms with Gasteiger partial charge < -0.3 is 9.41 Å². The van der Waals surface area contributed by atoms with Crippen molar-refractivity contribution in [3.63, 3.8) is 0 Å². The number of halogens is 2.